The first-order valence-corrected chi connectivity index (χ1v) is 6.03. The van der Waals surface area contributed by atoms with Crippen molar-refractivity contribution in [3.8, 4) is 11.5 Å². The summed E-state index contributed by atoms with van der Waals surface area (Å²) in [4.78, 5) is 16.6. The Morgan fingerprint density at radius 2 is 1.89 bits per heavy atom. The van der Waals surface area contributed by atoms with Crippen molar-refractivity contribution in [3.63, 3.8) is 0 Å². The van der Waals surface area contributed by atoms with Crippen molar-refractivity contribution in [2.24, 2.45) is 0 Å². The Kier molecular flexibility index (Phi) is 4.13. The lowest BCUT2D eigenvalue weighted by Crippen LogP contribution is -2.08. The predicted octanol–water partition coefficient (Wildman–Crippen LogP) is 2.72. The summed E-state index contributed by atoms with van der Waals surface area (Å²) in [6.07, 6.45) is 1.57. The standard InChI is InChI=1S/C15H15NO3/c1-3-19-12-8-5-4-7-11(12)15(17)14-13(18-2)9-6-10-16-14/h4-10H,3H2,1-2H3. The number of carbonyl (C=O) groups excluding carboxylic acids is 1. The van der Waals surface area contributed by atoms with Crippen molar-refractivity contribution in [1.29, 1.82) is 0 Å². The second-order valence-electron chi connectivity index (χ2n) is 3.81. The molecule has 0 N–H and O–H groups in total. The van der Waals surface area contributed by atoms with E-state index in [0.29, 0.717) is 23.7 Å². The van der Waals surface area contributed by atoms with E-state index in [1.807, 2.05) is 13.0 Å². The highest BCUT2D eigenvalue weighted by Gasteiger charge is 2.19. The Labute approximate surface area is 112 Å². The number of rotatable bonds is 5. The van der Waals surface area contributed by atoms with E-state index in [-0.39, 0.29) is 11.5 Å². The monoisotopic (exact) mass is 257 g/mol. The summed E-state index contributed by atoms with van der Waals surface area (Å²) in [5.41, 5.74) is 0.776. The first kappa shape index (κ1) is 13.1. The maximum atomic E-state index is 12.5. The van der Waals surface area contributed by atoms with Crippen molar-refractivity contribution >= 4 is 5.78 Å². The summed E-state index contributed by atoms with van der Waals surface area (Å²) in [6.45, 7) is 2.38. The van der Waals surface area contributed by atoms with E-state index in [9.17, 15) is 4.79 Å². The second kappa shape index (κ2) is 6.00. The number of methoxy groups -OCH3 is 1. The van der Waals surface area contributed by atoms with Gasteiger partial charge in [0, 0.05) is 6.20 Å². The highest BCUT2D eigenvalue weighted by Crippen LogP contribution is 2.24. The molecule has 0 aliphatic rings. The Hall–Kier alpha value is -2.36. The fourth-order valence-electron chi connectivity index (χ4n) is 1.79. The number of hydrogen-bond acceptors (Lipinski definition) is 4. The molecule has 0 bridgehead atoms. The van der Waals surface area contributed by atoms with Gasteiger partial charge in [-0.3, -0.25) is 4.79 Å². The molecule has 0 saturated carbocycles. The van der Waals surface area contributed by atoms with Gasteiger partial charge < -0.3 is 9.47 Å². The zero-order chi connectivity index (χ0) is 13.7. The van der Waals surface area contributed by atoms with E-state index < -0.39 is 0 Å². The maximum absolute atomic E-state index is 12.5. The van der Waals surface area contributed by atoms with Crippen molar-refractivity contribution < 1.29 is 14.3 Å². The molecule has 0 unspecified atom stereocenters. The first-order chi connectivity index (χ1) is 9.27. The number of ketones is 1. The summed E-state index contributed by atoms with van der Waals surface area (Å²) in [7, 11) is 1.52. The zero-order valence-corrected chi connectivity index (χ0v) is 10.9. The predicted molar refractivity (Wildman–Crippen MR) is 71.8 cm³/mol. The molecule has 0 aliphatic heterocycles. The Balaban J connectivity index is 2.44. The lowest BCUT2D eigenvalue weighted by Gasteiger charge is -2.10. The lowest BCUT2D eigenvalue weighted by atomic mass is 10.1. The van der Waals surface area contributed by atoms with Crippen LogP contribution in [0.3, 0.4) is 0 Å². The van der Waals surface area contributed by atoms with E-state index in [2.05, 4.69) is 4.98 Å². The SMILES string of the molecule is CCOc1ccccc1C(=O)c1ncccc1OC. The average Bonchev–Trinajstić information content (AvgIpc) is 2.47. The molecule has 0 amide bonds. The Bertz CT molecular complexity index is 581. The average molecular weight is 257 g/mol. The Morgan fingerprint density at radius 1 is 1.16 bits per heavy atom. The molecule has 1 heterocycles. The third-order valence-electron chi connectivity index (χ3n) is 2.64. The summed E-state index contributed by atoms with van der Waals surface area (Å²) in [5, 5.41) is 0. The molecule has 19 heavy (non-hydrogen) atoms. The van der Waals surface area contributed by atoms with Crippen LogP contribution in [0.15, 0.2) is 42.6 Å². The number of ether oxygens (including phenoxy) is 2. The number of hydrogen-bond donors (Lipinski definition) is 0. The highest BCUT2D eigenvalue weighted by atomic mass is 16.5. The highest BCUT2D eigenvalue weighted by molar-refractivity contribution is 6.11. The fraction of sp³-hybridized carbons (Fsp3) is 0.200. The molecule has 1 aromatic heterocycles. The van der Waals surface area contributed by atoms with Crippen LogP contribution in [0.4, 0.5) is 0 Å². The van der Waals surface area contributed by atoms with Gasteiger partial charge in [0.25, 0.3) is 0 Å². The quantitative estimate of drug-likeness (QED) is 0.773. The van der Waals surface area contributed by atoms with Gasteiger partial charge in [-0.15, -0.1) is 0 Å². The van der Waals surface area contributed by atoms with Crippen LogP contribution < -0.4 is 9.47 Å². The van der Waals surface area contributed by atoms with Gasteiger partial charge >= 0.3 is 0 Å². The van der Waals surface area contributed by atoms with Crippen molar-refractivity contribution in [3.05, 3.63) is 53.9 Å². The van der Waals surface area contributed by atoms with E-state index in [0.717, 1.165) is 0 Å². The molecule has 4 nitrogen and oxygen atoms in total. The number of pyridine rings is 1. The normalized spacial score (nSPS) is 10.0. The number of benzene rings is 1. The largest absolute Gasteiger partial charge is 0.494 e. The molecular weight excluding hydrogens is 242 g/mol. The van der Waals surface area contributed by atoms with Crippen LogP contribution in [-0.4, -0.2) is 24.5 Å². The van der Waals surface area contributed by atoms with Gasteiger partial charge in [0.2, 0.25) is 5.78 Å². The van der Waals surface area contributed by atoms with Crippen molar-refractivity contribution in [1.82, 2.24) is 4.98 Å². The second-order valence-corrected chi connectivity index (χ2v) is 3.81. The smallest absolute Gasteiger partial charge is 0.218 e. The fourth-order valence-corrected chi connectivity index (χ4v) is 1.79. The molecule has 0 radical (unpaired) electrons. The van der Waals surface area contributed by atoms with Gasteiger partial charge in [0.1, 0.15) is 11.5 Å². The minimum atomic E-state index is -0.207. The van der Waals surface area contributed by atoms with Crippen LogP contribution in [0, 0.1) is 0 Å². The van der Waals surface area contributed by atoms with Crippen molar-refractivity contribution in [2.75, 3.05) is 13.7 Å². The van der Waals surface area contributed by atoms with E-state index in [1.165, 1.54) is 7.11 Å². The van der Waals surface area contributed by atoms with Crippen LogP contribution >= 0.6 is 0 Å². The number of nitrogens with zero attached hydrogens (tertiary/aromatic N) is 1. The summed E-state index contributed by atoms with van der Waals surface area (Å²) < 4.78 is 10.6. The molecule has 1 aromatic carbocycles. The van der Waals surface area contributed by atoms with Gasteiger partial charge in [-0.25, -0.2) is 4.98 Å². The van der Waals surface area contributed by atoms with Gasteiger partial charge in [-0.2, -0.15) is 0 Å². The van der Waals surface area contributed by atoms with E-state index >= 15 is 0 Å². The van der Waals surface area contributed by atoms with Crippen molar-refractivity contribution in [2.45, 2.75) is 6.92 Å². The molecule has 0 atom stereocenters. The minimum absolute atomic E-state index is 0.207. The van der Waals surface area contributed by atoms with Crippen LogP contribution in [0.2, 0.25) is 0 Å². The Morgan fingerprint density at radius 3 is 2.63 bits per heavy atom. The lowest BCUT2D eigenvalue weighted by molar-refractivity contribution is 0.102. The van der Waals surface area contributed by atoms with Crippen LogP contribution in [-0.2, 0) is 0 Å². The van der Waals surface area contributed by atoms with Gasteiger partial charge in [0.15, 0.2) is 5.69 Å². The molecule has 4 heteroatoms. The third-order valence-corrected chi connectivity index (χ3v) is 2.64. The van der Waals surface area contributed by atoms with Gasteiger partial charge in [0.05, 0.1) is 19.3 Å². The molecule has 2 rings (SSSR count). The third kappa shape index (κ3) is 2.73. The van der Waals surface area contributed by atoms with Gasteiger partial charge in [-0.1, -0.05) is 12.1 Å². The summed E-state index contributed by atoms with van der Waals surface area (Å²) in [5.74, 6) is 0.808. The van der Waals surface area contributed by atoms with Gasteiger partial charge in [-0.05, 0) is 31.2 Å². The molecule has 0 spiro atoms. The van der Waals surface area contributed by atoms with Crippen LogP contribution in [0.1, 0.15) is 23.0 Å². The summed E-state index contributed by atoms with van der Waals surface area (Å²) >= 11 is 0. The maximum Gasteiger partial charge on any atom is 0.218 e. The molecule has 0 fully saturated rings. The zero-order valence-electron chi connectivity index (χ0n) is 10.9. The number of carbonyl (C=O) groups is 1. The molecule has 2 aromatic rings. The number of para-hydroxylation sites is 1. The molecule has 98 valence electrons. The summed E-state index contributed by atoms with van der Waals surface area (Å²) in [6, 6.07) is 10.6. The minimum Gasteiger partial charge on any atom is -0.494 e. The number of aromatic nitrogens is 1. The van der Waals surface area contributed by atoms with E-state index in [4.69, 9.17) is 9.47 Å². The molecule has 0 saturated heterocycles. The first-order valence-electron chi connectivity index (χ1n) is 6.03. The van der Waals surface area contributed by atoms with Crippen LogP contribution in [0.25, 0.3) is 0 Å². The van der Waals surface area contributed by atoms with E-state index in [1.54, 1.807) is 36.5 Å². The molecule has 0 aliphatic carbocycles. The topological polar surface area (TPSA) is 48.4 Å². The molecular formula is C15H15NO3. The van der Waals surface area contributed by atoms with Crippen LogP contribution in [0.5, 0.6) is 11.5 Å².